The Labute approximate surface area is 205 Å². The highest BCUT2D eigenvalue weighted by Crippen LogP contribution is 2.35. The second-order valence-electron chi connectivity index (χ2n) is 9.13. The minimum absolute atomic E-state index is 0.322. The van der Waals surface area contributed by atoms with Crippen LogP contribution in [0.2, 0.25) is 5.02 Å². The third kappa shape index (κ3) is 5.32. The number of hydrogen-bond donors (Lipinski definition) is 4. The summed E-state index contributed by atoms with van der Waals surface area (Å²) in [6.45, 7) is -0.470. The molecule has 2 fully saturated rings. The first-order chi connectivity index (χ1) is 16.4. The highest BCUT2D eigenvalue weighted by Gasteiger charge is 2.44. The van der Waals surface area contributed by atoms with Crippen LogP contribution >= 0.6 is 11.6 Å². The average Bonchev–Trinajstić information content (AvgIpc) is 3.33. The van der Waals surface area contributed by atoms with Gasteiger partial charge in [0.25, 0.3) is 0 Å². The van der Waals surface area contributed by atoms with Crippen LogP contribution in [0.1, 0.15) is 54.0 Å². The van der Waals surface area contributed by atoms with Crippen LogP contribution in [0, 0.1) is 11.8 Å². The lowest BCUT2D eigenvalue weighted by Crippen LogP contribution is -2.55. The first-order valence-corrected chi connectivity index (χ1v) is 12.0. The zero-order valence-corrected chi connectivity index (χ0v) is 19.9. The molecule has 2 aliphatic rings. The van der Waals surface area contributed by atoms with Gasteiger partial charge in [-0.3, -0.25) is 0 Å². The van der Waals surface area contributed by atoms with Gasteiger partial charge in [-0.2, -0.15) is 0 Å². The van der Waals surface area contributed by atoms with Crippen molar-refractivity contribution in [2.24, 2.45) is 0 Å². The molecule has 4 N–H and O–H groups in total. The van der Waals surface area contributed by atoms with Crippen molar-refractivity contribution in [1.82, 2.24) is 0 Å². The first kappa shape index (κ1) is 25.2. The molecule has 2 aromatic carbocycles. The standard InChI is InChI=1S/C27H31ClO6/c1-33-27(11-2-3-12-27)13-10-17-4-6-18(7-5-17)14-20-15-19(8-9-21(20)28)26-25(32)24(31)23(30)22(16-29)34-26/h4-9,15,22-26,29-32H,2-3,11-12,14,16H2,1H3/t22-,23-,24+,25-,26+/m1/s1. The molecule has 6 nitrogen and oxygen atoms in total. The van der Waals surface area contributed by atoms with E-state index in [0.717, 1.165) is 42.4 Å². The van der Waals surface area contributed by atoms with Gasteiger partial charge in [0.1, 0.15) is 36.1 Å². The fourth-order valence-electron chi connectivity index (χ4n) is 4.72. The number of hydrogen-bond acceptors (Lipinski definition) is 6. The number of aliphatic hydroxyl groups is 4. The molecule has 1 aliphatic heterocycles. The van der Waals surface area contributed by atoms with Gasteiger partial charge in [0.05, 0.1) is 6.61 Å². The molecule has 1 saturated heterocycles. The van der Waals surface area contributed by atoms with Gasteiger partial charge in [0.2, 0.25) is 0 Å². The van der Waals surface area contributed by atoms with Crippen LogP contribution in [-0.4, -0.2) is 64.2 Å². The zero-order chi connectivity index (χ0) is 24.3. The molecule has 5 atom stereocenters. The van der Waals surface area contributed by atoms with E-state index >= 15 is 0 Å². The monoisotopic (exact) mass is 486 g/mol. The second-order valence-corrected chi connectivity index (χ2v) is 9.54. The summed E-state index contributed by atoms with van der Waals surface area (Å²) in [6, 6.07) is 13.2. The van der Waals surface area contributed by atoms with Crippen molar-refractivity contribution in [2.45, 2.75) is 68.2 Å². The van der Waals surface area contributed by atoms with Crippen LogP contribution in [0.5, 0.6) is 0 Å². The Balaban J connectivity index is 1.50. The van der Waals surface area contributed by atoms with Gasteiger partial charge >= 0.3 is 0 Å². The normalized spacial score (nSPS) is 28.4. The maximum atomic E-state index is 10.4. The molecule has 0 unspecified atom stereocenters. The summed E-state index contributed by atoms with van der Waals surface area (Å²) in [5, 5.41) is 40.6. The van der Waals surface area contributed by atoms with Gasteiger partial charge in [0, 0.05) is 17.7 Å². The van der Waals surface area contributed by atoms with Crippen molar-refractivity contribution in [2.75, 3.05) is 13.7 Å². The number of methoxy groups -OCH3 is 1. The number of aliphatic hydroxyl groups excluding tert-OH is 4. The van der Waals surface area contributed by atoms with Gasteiger partial charge in [-0.25, -0.2) is 0 Å². The molecule has 34 heavy (non-hydrogen) atoms. The minimum atomic E-state index is -1.43. The predicted molar refractivity (Wildman–Crippen MR) is 129 cm³/mol. The lowest BCUT2D eigenvalue weighted by molar-refractivity contribution is -0.231. The Hall–Kier alpha value is -1.95. The van der Waals surface area contributed by atoms with E-state index in [9.17, 15) is 20.4 Å². The molecular weight excluding hydrogens is 456 g/mol. The summed E-state index contributed by atoms with van der Waals surface area (Å²) in [5.41, 5.74) is 3.09. The van der Waals surface area contributed by atoms with Gasteiger partial charge in [-0.15, -0.1) is 0 Å². The summed E-state index contributed by atoms with van der Waals surface area (Å²) in [4.78, 5) is 0. The zero-order valence-electron chi connectivity index (χ0n) is 19.2. The molecule has 7 heteroatoms. The number of ether oxygens (including phenoxy) is 2. The van der Waals surface area contributed by atoms with E-state index < -0.39 is 37.1 Å². The van der Waals surface area contributed by atoms with E-state index in [1.165, 1.54) is 0 Å². The van der Waals surface area contributed by atoms with Crippen LogP contribution in [0.25, 0.3) is 0 Å². The molecule has 0 amide bonds. The Morgan fingerprint density at radius 2 is 1.74 bits per heavy atom. The Morgan fingerprint density at radius 3 is 2.38 bits per heavy atom. The third-order valence-electron chi connectivity index (χ3n) is 6.88. The van der Waals surface area contributed by atoms with E-state index in [0.29, 0.717) is 17.0 Å². The molecule has 0 radical (unpaired) electrons. The molecule has 1 heterocycles. The van der Waals surface area contributed by atoms with E-state index in [1.54, 1.807) is 19.2 Å². The smallest absolute Gasteiger partial charge is 0.128 e. The summed E-state index contributed by atoms with van der Waals surface area (Å²) >= 11 is 6.45. The predicted octanol–water partition coefficient (Wildman–Crippen LogP) is 2.76. The van der Waals surface area contributed by atoms with Gasteiger partial charge in [-0.1, -0.05) is 47.7 Å². The molecule has 0 spiro atoms. The van der Waals surface area contributed by atoms with Crippen LogP contribution in [0.15, 0.2) is 42.5 Å². The molecule has 0 aromatic heterocycles. The second kappa shape index (κ2) is 10.8. The number of halogens is 1. The molecule has 2 aromatic rings. The van der Waals surface area contributed by atoms with Gasteiger partial charge < -0.3 is 29.9 Å². The van der Waals surface area contributed by atoms with Crippen molar-refractivity contribution in [3.05, 3.63) is 69.7 Å². The number of rotatable bonds is 5. The van der Waals surface area contributed by atoms with E-state index in [1.807, 2.05) is 30.3 Å². The molecule has 1 aliphatic carbocycles. The molecule has 182 valence electrons. The average molecular weight is 487 g/mol. The van der Waals surface area contributed by atoms with Crippen molar-refractivity contribution >= 4 is 11.6 Å². The lowest BCUT2D eigenvalue weighted by atomic mass is 9.90. The largest absolute Gasteiger partial charge is 0.394 e. The van der Waals surface area contributed by atoms with Crippen molar-refractivity contribution in [3.63, 3.8) is 0 Å². The topological polar surface area (TPSA) is 99.4 Å². The quantitative estimate of drug-likeness (QED) is 0.485. The number of benzene rings is 2. The maximum absolute atomic E-state index is 10.4. The fraction of sp³-hybridized carbons (Fsp3) is 0.481. The highest BCUT2D eigenvalue weighted by molar-refractivity contribution is 6.31. The SMILES string of the molecule is COC1(C#Cc2ccc(Cc3cc([C@@H]4O[C@H](CO)[C@@H](O)[C@H](O)[C@H]4O)ccc3Cl)cc2)CCCC1. The fourth-order valence-corrected chi connectivity index (χ4v) is 4.91. The summed E-state index contributed by atoms with van der Waals surface area (Å²) in [7, 11) is 1.73. The van der Waals surface area contributed by atoms with Crippen LogP contribution < -0.4 is 0 Å². The van der Waals surface area contributed by atoms with Crippen LogP contribution in [-0.2, 0) is 15.9 Å². The van der Waals surface area contributed by atoms with Crippen LogP contribution in [0.3, 0.4) is 0 Å². The Morgan fingerprint density at radius 1 is 1.03 bits per heavy atom. The van der Waals surface area contributed by atoms with Crippen molar-refractivity contribution in [3.8, 4) is 11.8 Å². The van der Waals surface area contributed by atoms with E-state index in [2.05, 4.69) is 11.8 Å². The maximum Gasteiger partial charge on any atom is 0.128 e. The molecule has 1 saturated carbocycles. The molecule has 4 rings (SSSR count). The van der Waals surface area contributed by atoms with E-state index in [4.69, 9.17) is 21.1 Å². The molecular formula is C27H31ClO6. The summed E-state index contributed by atoms with van der Waals surface area (Å²) < 4.78 is 11.4. The lowest BCUT2D eigenvalue weighted by Gasteiger charge is -2.40. The minimum Gasteiger partial charge on any atom is -0.394 e. The molecule has 0 bridgehead atoms. The van der Waals surface area contributed by atoms with Crippen LogP contribution in [0.4, 0.5) is 0 Å². The van der Waals surface area contributed by atoms with Gasteiger partial charge in [-0.05, 0) is 67.0 Å². The Bertz CT molecular complexity index is 1040. The highest BCUT2D eigenvalue weighted by atomic mass is 35.5. The third-order valence-corrected chi connectivity index (χ3v) is 7.24. The van der Waals surface area contributed by atoms with Gasteiger partial charge in [0.15, 0.2) is 0 Å². The summed E-state index contributed by atoms with van der Waals surface area (Å²) in [5.74, 6) is 6.56. The first-order valence-electron chi connectivity index (χ1n) is 11.6. The Kier molecular flexibility index (Phi) is 7.96. The summed E-state index contributed by atoms with van der Waals surface area (Å²) in [6.07, 6.45) is -1.22. The van der Waals surface area contributed by atoms with Crippen molar-refractivity contribution < 1.29 is 29.9 Å². The van der Waals surface area contributed by atoms with Crippen molar-refractivity contribution in [1.29, 1.82) is 0 Å². The van der Waals surface area contributed by atoms with E-state index in [-0.39, 0.29) is 5.60 Å².